The molecule has 0 aromatic heterocycles. The number of hydrogen-bond donors (Lipinski definition) is 1. The first kappa shape index (κ1) is 26.4. The van der Waals surface area contributed by atoms with E-state index in [1.165, 1.54) is 17.0 Å². The minimum atomic E-state index is -4.05. The van der Waals surface area contributed by atoms with E-state index in [2.05, 4.69) is 21.2 Å². The zero-order valence-electron chi connectivity index (χ0n) is 19.6. The van der Waals surface area contributed by atoms with Crippen molar-refractivity contribution in [2.45, 2.75) is 31.3 Å². The number of sulfonamides is 1. The predicted octanol–water partition coefficient (Wildman–Crippen LogP) is 4.20. The van der Waals surface area contributed by atoms with Gasteiger partial charge in [-0.1, -0.05) is 64.5 Å². The minimum absolute atomic E-state index is 0.0714. The lowest BCUT2D eigenvalue weighted by Gasteiger charge is -2.32. The standard InChI is InChI=1S/C26H28BrN3O4S/c1-3-28-26(32)20(2)29(18-21-10-6-4-7-11-21)25(31)19-30(23-16-14-22(27)15-17-23)35(33,34)24-12-8-5-9-13-24/h4-17,20H,3,18-19H2,1-2H3,(H,28,32)/t20-/m1/s1. The van der Waals surface area contributed by atoms with Crippen LogP contribution in [0, 0.1) is 0 Å². The smallest absolute Gasteiger partial charge is 0.264 e. The van der Waals surface area contributed by atoms with Gasteiger partial charge < -0.3 is 10.2 Å². The Kier molecular flexibility index (Phi) is 9.06. The summed E-state index contributed by atoms with van der Waals surface area (Å²) in [6, 6.07) is 23.2. The third kappa shape index (κ3) is 6.70. The molecule has 9 heteroatoms. The average molecular weight is 558 g/mol. The molecule has 0 unspecified atom stereocenters. The first-order valence-corrected chi connectivity index (χ1v) is 13.4. The van der Waals surface area contributed by atoms with E-state index in [9.17, 15) is 18.0 Å². The summed E-state index contributed by atoms with van der Waals surface area (Å²) in [6.07, 6.45) is 0. The summed E-state index contributed by atoms with van der Waals surface area (Å²) in [5.41, 5.74) is 1.17. The molecule has 0 saturated carbocycles. The molecule has 0 aliphatic rings. The Labute approximate surface area is 214 Å². The topological polar surface area (TPSA) is 86.8 Å². The van der Waals surface area contributed by atoms with Crippen molar-refractivity contribution in [2.24, 2.45) is 0 Å². The van der Waals surface area contributed by atoms with Crippen LogP contribution < -0.4 is 9.62 Å². The fraction of sp³-hybridized carbons (Fsp3) is 0.231. The van der Waals surface area contributed by atoms with Gasteiger partial charge in [-0.2, -0.15) is 0 Å². The Morgan fingerprint density at radius 2 is 1.49 bits per heavy atom. The normalized spacial score (nSPS) is 12.0. The molecular weight excluding hydrogens is 530 g/mol. The molecule has 0 fully saturated rings. The number of halogens is 1. The Balaban J connectivity index is 2.00. The molecule has 184 valence electrons. The number of nitrogens with zero attached hydrogens (tertiary/aromatic N) is 2. The van der Waals surface area contributed by atoms with E-state index in [1.54, 1.807) is 56.3 Å². The molecule has 7 nitrogen and oxygen atoms in total. The van der Waals surface area contributed by atoms with Gasteiger partial charge in [0, 0.05) is 17.6 Å². The van der Waals surface area contributed by atoms with Gasteiger partial charge in [-0.25, -0.2) is 8.42 Å². The minimum Gasteiger partial charge on any atom is -0.355 e. The molecule has 1 N–H and O–H groups in total. The van der Waals surface area contributed by atoms with Gasteiger partial charge in [0.05, 0.1) is 10.6 Å². The molecule has 0 heterocycles. The van der Waals surface area contributed by atoms with Crippen molar-refractivity contribution in [3.63, 3.8) is 0 Å². The lowest BCUT2D eigenvalue weighted by molar-refractivity contribution is -0.139. The molecule has 0 radical (unpaired) electrons. The number of anilines is 1. The molecular formula is C26H28BrN3O4S. The number of hydrogen-bond acceptors (Lipinski definition) is 4. The van der Waals surface area contributed by atoms with Gasteiger partial charge >= 0.3 is 0 Å². The third-order valence-electron chi connectivity index (χ3n) is 5.44. The number of nitrogens with one attached hydrogen (secondary N) is 1. The van der Waals surface area contributed by atoms with Crippen LogP contribution in [0.25, 0.3) is 0 Å². The van der Waals surface area contributed by atoms with Gasteiger partial charge in [0.25, 0.3) is 10.0 Å². The summed E-state index contributed by atoms with van der Waals surface area (Å²) in [6.45, 7) is 3.56. The second kappa shape index (κ2) is 12.0. The van der Waals surface area contributed by atoms with Crippen LogP contribution in [0.4, 0.5) is 5.69 Å². The van der Waals surface area contributed by atoms with Crippen LogP contribution in [0.3, 0.4) is 0 Å². The van der Waals surface area contributed by atoms with Gasteiger partial charge in [0.15, 0.2) is 0 Å². The molecule has 1 atom stereocenters. The first-order valence-electron chi connectivity index (χ1n) is 11.2. The second-order valence-electron chi connectivity index (χ2n) is 7.88. The van der Waals surface area contributed by atoms with Crippen molar-refractivity contribution < 1.29 is 18.0 Å². The number of amides is 2. The Morgan fingerprint density at radius 1 is 0.914 bits per heavy atom. The fourth-order valence-electron chi connectivity index (χ4n) is 3.54. The molecule has 0 spiro atoms. The Bertz CT molecular complexity index is 1240. The number of benzene rings is 3. The molecule has 3 aromatic rings. The van der Waals surface area contributed by atoms with Crippen molar-refractivity contribution >= 4 is 43.5 Å². The van der Waals surface area contributed by atoms with Crippen molar-refractivity contribution in [1.29, 1.82) is 0 Å². The van der Waals surface area contributed by atoms with Gasteiger partial charge in [-0.15, -0.1) is 0 Å². The molecule has 3 rings (SSSR count). The van der Waals surface area contributed by atoms with Crippen molar-refractivity contribution in [3.8, 4) is 0 Å². The van der Waals surface area contributed by atoms with Crippen LogP contribution in [0.5, 0.6) is 0 Å². The summed E-state index contributed by atoms with van der Waals surface area (Å²) in [7, 11) is -4.05. The highest BCUT2D eigenvalue weighted by molar-refractivity contribution is 9.10. The summed E-state index contributed by atoms with van der Waals surface area (Å²) in [5, 5.41) is 2.74. The van der Waals surface area contributed by atoms with Crippen LogP contribution >= 0.6 is 15.9 Å². The van der Waals surface area contributed by atoms with Gasteiger partial charge in [-0.05, 0) is 55.8 Å². The fourth-order valence-corrected chi connectivity index (χ4v) is 5.24. The van der Waals surface area contributed by atoms with Crippen LogP contribution in [-0.2, 0) is 26.2 Å². The van der Waals surface area contributed by atoms with Crippen LogP contribution in [0.2, 0.25) is 0 Å². The van der Waals surface area contributed by atoms with E-state index in [4.69, 9.17) is 0 Å². The van der Waals surface area contributed by atoms with Crippen molar-refractivity contribution in [3.05, 3.63) is 95.0 Å². The van der Waals surface area contributed by atoms with Gasteiger partial charge in [0.1, 0.15) is 12.6 Å². The van der Waals surface area contributed by atoms with Crippen molar-refractivity contribution in [1.82, 2.24) is 10.2 Å². The molecule has 35 heavy (non-hydrogen) atoms. The lowest BCUT2D eigenvalue weighted by Crippen LogP contribution is -2.51. The molecule has 0 saturated heterocycles. The maximum absolute atomic E-state index is 13.7. The second-order valence-corrected chi connectivity index (χ2v) is 10.7. The summed E-state index contributed by atoms with van der Waals surface area (Å²) in [5.74, 6) is -0.798. The Morgan fingerprint density at radius 3 is 2.06 bits per heavy atom. The number of carbonyl (C=O) groups is 2. The highest BCUT2D eigenvalue weighted by Gasteiger charge is 2.32. The highest BCUT2D eigenvalue weighted by Crippen LogP contribution is 2.26. The number of carbonyl (C=O) groups excluding carboxylic acids is 2. The molecule has 2 amide bonds. The maximum atomic E-state index is 13.7. The van der Waals surface area contributed by atoms with E-state index in [0.717, 1.165) is 14.3 Å². The largest absolute Gasteiger partial charge is 0.355 e. The average Bonchev–Trinajstić information content (AvgIpc) is 2.87. The molecule has 0 aliphatic carbocycles. The van der Waals surface area contributed by atoms with Gasteiger partial charge in [-0.3, -0.25) is 13.9 Å². The summed E-state index contributed by atoms with van der Waals surface area (Å²) in [4.78, 5) is 27.8. The molecule has 0 bridgehead atoms. The zero-order chi connectivity index (χ0) is 25.4. The monoisotopic (exact) mass is 557 g/mol. The maximum Gasteiger partial charge on any atom is 0.264 e. The number of likely N-dealkylation sites (N-methyl/N-ethyl adjacent to an activating group) is 1. The van der Waals surface area contributed by atoms with Crippen molar-refractivity contribution in [2.75, 3.05) is 17.4 Å². The van der Waals surface area contributed by atoms with E-state index >= 15 is 0 Å². The SMILES string of the molecule is CCNC(=O)[C@@H](C)N(Cc1ccccc1)C(=O)CN(c1ccc(Br)cc1)S(=O)(=O)c1ccccc1. The van der Waals surface area contributed by atoms with Crippen LogP contribution in [-0.4, -0.2) is 44.3 Å². The van der Waals surface area contributed by atoms with Crippen LogP contribution in [0.15, 0.2) is 94.3 Å². The first-order chi connectivity index (χ1) is 16.7. The number of rotatable bonds is 10. The summed E-state index contributed by atoms with van der Waals surface area (Å²) < 4.78 is 29.1. The van der Waals surface area contributed by atoms with E-state index in [0.29, 0.717) is 12.2 Å². The van der Waals surface area contributed by atoms with E-state index in [1.807, 2.05) is 30.3 Å². The molecule has 0 aliphatic heterocycles. The third-order valence-corrected chi connectivity index (χ3v) is 7.76. The van der Waals surface area contributed by atoms with Crippen LogP contribution in [0.1, 0.15) is 19.4 Å². The lowest BCUT2D eigenvalue weighted by atomic mass is 10.1. The van der Waals surface area contributed by atoms with E-state index in [-0.39, 0.29) is 17.3 Å². The van der Waals surface area contributed by atoms with Gasteiger partial charge in [0.2, 0.25) is 11.8 Å². The Hall–Kier alpha value is -3.17. The molecule has 3 aromatic carbocycles. The zero-order valence-corrected chi connectivity index (χ0v) is 22.0. The highest BCUT2D eigenvalue weighted by atomic mass is 79.9. The predicted molar refractivity (Wildman–Crippen MR) is 140 cm³/mol. The quantitative estimate of drug-likeness (QED) is 0.404. The summed E-state index contributed by atoms with van der Waals surface area (Å²) >= 11 is 3.36. The van der Waals surface area contributed by atoms with E-state index < -0.39 is 28.5 Å².